The zero-order valence-electron chi connectivity index (χ0n) is 18.2. The number of fused-ring (bicyclic) bond motifs is 1. The van der Waals surface area contributed by atoms with Gasteiger partial charge < -0.3 is 19.2 Å². The molecule has 1 fully saturated rings. The molecule has 3 aromatic rings. The number of sulfonamides is 1. The van der Waals surface area contributed by atoms with Crippen LogP contribution in [-0.2, 0) is 21.3 Å². The van der Waals surface area contributed by atoms with E-state index in [4.69, 9.17) is 14.2 Å². The summed E-state index contributed by atoms with van der Waals surface area (Å²) in [5.41, 5.74) is 0.0466. The molecule has 0 aliphatic carbocycles. The molecule has 1 saturated heterocycles. The molecule has 1 N–H and O–H groups in total. The highest BCUT2D eigenvalue weighted by Gasteiger charge is 2.33. The van der Waals surface area contributed by atoms with E-state index in [0.29, 0.717) is 23.9 Å². The van der Waals surface area contributed by atoms with Gasteiger partial charge >= 0.3 is 0 Å². The first kappa shape index (κ1) is 23.1. The first-order chi connectivity index (χ1) is 15.8. The molecule has 0 amide bonds. The van der Waals surface area contributed by atoms with Crippen molar-refractivity contribution in [2.45, 2.75) is 30.4 Å². The second-order valence-corrected chi connectivity index (χ2v) is 9.51. The van der Waals surface area contributed by atoms with E-state index in [-0.39, 0.29) is 42.1 Å². The van der Waals surface area contributed by atoms with E-state index in [0.717, 1.165) is 22.9 Å². The summed E-state index contributed by atoms with van der Waals surface area (Å²) in [5, 5.41) is 0.390. The van der Waals surface area contributed by atoms with Crippen LogP contribution < -0.4 is 15.0 Å². The van der Waals surface area contributed by atoms with Crippen molar-refractivity contribution < 1.29 is 27.0 Å². The fourth-order valence-corrected chi connectivity index (χ4v) is 5.31. The van der Waals surface area contributed by atoms with Gasteiger partial charge in [0.25, 0.3) is 5.56 Å². The molecule has 0 spiro atoms. The molecule has 33 heavy (non-hydrogen) atoms. The molecule has 11 heteroatoms. The van der Waals surface area contributed by atoms with Crippen LogP contribution in [0.5, 0.6) is 11.5 Å². The van der Waals surface area contributed by atoms with Gasteiger partial charge in [0.05, 0.1) is 37.8 Å². The number of benzene rings is 2. The summed E-state index contributed by atoms with van der Waals surface area (Å²) < 4.78 is 59.0. The normalized spacial score (nSPS) is 16.4. The average Bonchev–Trinajstić information content (AvgIpc) is 3.31. The maximum Gasteiger partial charge on any atom is 0.258 e. The van der Waals surface area contributed by atoms with Crippen molar-refractivity contribution in [3.8, 4) is 11.5 Å². The van der Waals surface area contributed by atoms with Crippen LogP contribution in [-0.4, -0.2) is 56.2 Å². The minimum Gasteiger partial charge on any atom is -0.493 e. The van der Waals surface area contributed by atoms with Crippen molar-refractivity contribution >= 4 is 20.9 Å². The zero-order chi connectivity index (χ0) is 23.6. The van der Waals surface area contributed by atoms with Gasteiger partial charge in [0.1, 0.15) is 16.5 Å². The maximum atomic E-state index is 14.9. The number of halogens is 1. The summed E-state index contributed by atoms with van der Waals surface area (Å²) in [6.07, 6.45) is 1.12. The lowest BCUT2D eigenvalue weighted by Gasteiger charge is -2.25. The molecule has 176 valence electrons. The van der Waals surface area contributed by atoms with Crippen LogP contribution in [0, 0.1) is 5.82 Å². The van der Waals surface area contributed by atoms with E-state index in [1.54, 1.807) is 24.3 Å². The van der Waals surface area contributed by atoms with Crippen molar-refractivity contribution in [3.63, 3.8) is 0 Å². The van der Waals surface area contributed by atoms with E-state index < -0.39 is 20.7 Å². The SMILES string of the molecule is COc1cc(F)c(S(=O)(=O)N(Cc2nc3ccccc3c(=O)[nH]2)C[C@H]2CCCO2)cc1OC. The van der Waals surface area contributed by atoms with Gasteiger partial charge in [-0.05, 0) is 25.0 Å². The third kappa shape index (κ3) is 4.70. The Bertz CT molecular complexity index is 1320. The number of hydrogen-bond donors (Lipinski definition) is 1. The number of aromatic amines is 1. The highest BCUT2D eigenvalue weighted by molar-refractivity contribution is 7.89. The van der Waals surface area contributed by atoms with Crippen molar-refractivity contribution in [3.05, 3.63) is 58.4 Å². The second kappa shape index (κ2) is 9.46. The van der Waals surface area contributed by atoms with Gasteiger partial charge in [0, 0.05) is 25.3 Å². The van der Waals surface area contributed by atoms with Gasteiger partial charge in [-0.1, -0.05) is 12.1 Å². The Morgan fingerprint density at radius 2 is 1.94 bits per heavy atom. The van der Waals surface area contributed by atoms with Crippen molar-refractivity contribution in [2.75, 3.05) is 27.4 Å². The fourth-order valence-electron chi connectivity index (χ4n) is 3.81. The lowest BCUT2D eigenvalue weighted by molar-refractivity contribution is 0.0921. The lowest BCUT2D eigenvalue weighted by atomic mass is 10.2. The number of methoxy groups -OCH3 is 2. The quantitative estimate of drug-likeness (QED) is 0.531. The average molecular weight is 478 g/mol. The summed E-state index contributed by atoms with van der Waals surface area (Å²) in [4.78, 5) is 18.9. The van der Waals surface area contributed by atoms with Gasteiger partial charge in [-0.3, -0.25) is 4.79 Å². The van der Waals surface area contributed by atoms with Crippen LogP contribution in [0.25, 0.3) is 10.9 Å². The number of H-pyrrole nitrogens is 1. The summed E-state index contributed by atoms with van der Waals surface area (Å²) in [5.74, 6) is -0.696. The van der Waals surface area contributed by atoms with Crippen LogP contribution >= 0.6 is 0 Å². The molecule has 0 unspecified atom stereocenters. The van der Waals surface area contributed by atoms with Crippen LogP contribution in [0.2, 0.25) is 0 Å². The fraction of sp³-hybridized carbons (Fsp3) is 0.364. The Kier molecular flexibility index (Phi) is 6.63. The number of hydrogen-bond acceptors (Lipinski definition) is 7. The standard InChI is InChI=1S/C22H24FN3O6S/c1-30-18-10-16(23)20(11-19(18)31-2)33(28,29)26(12-14-6-5-9-32-14)13-21-24-17-8-4-3-7-15(17)22(27)25-21/h3-4,7-8,10-11,14H,5-6,9,12-13H2,1-2H3,(H,24,25,27)/t14-/m1/s1. The molecule has 1 atom stereocenters. The van der Waals surface area contributed by atoms with Crippen molar-refractivity contribution in [2.24, 2.45) is 0 Å². The lowest BCUT2D eigenvalue weighted by Crippen LogP contribution is -2.38. The summed E-state index contributed by atoms with van der Waals surface area (Å²) in [6, 6.07) is 8.80. The molecule has 0 saturated carbocycles. The minimum atomic E-state index is -4.36. The number of ether oxygens (including phenoxy) is 3. The number of aromatic nitrogens is 2. The first-order valence-electron chi connectivity index (χ1n) is 10.3. The Balaban J connectivity index is 1.76. The van der Waals surface area contributed by atoms with Crippen LogP contribution in [0.3, 0.4) is 0 Å². The molecule has 0 radical (unpaired) electrons. The molecule has 0 bridgehead atoms. The summed E-state index contributed by atoms with van der Waals surface area (Å²) in [7, 11) is -1.70. The predicted octanol–water partition coefficient (Wildman–Crippen LogP) is 2.45. The van der Waals surface area contributed by atoms with Gasteiger partial charge in [-0.15, -0.1) is 0 Å². The zero-order valence-corrected chi connectivity index (χ0v) is 19.0. The van der Waals surface area contributed by atoms with Crippen LogP contribution in [0.1, 0.15) is 18.7 Å². The largest absolute Gasteiger partial charge is 0.493 e. The van der Waals surface area contributed by atoms with E-state index in [1.807, 2.05) is 0 Å². The summed E-state index contributed by atoms with van der Waals surface area (Å²) in [6.45, 7) is 0.233. The molecule has 1 aliphatic rings. The third-order valence-corrected chi connectivity index (χ3v) is 7.30. The topological polar surface area (TPSA) is 111 Å². The first-order valence-corrected chi connectivity index (χ1v) is 11.8. The Labute approximate surface area is 190 Å². The van der Waals surface area contributed by atoms with Crippen molar-refractivity contribution in [1.29, 1.82) is 0 Å². The van der Waals surface area contributed by atoms with Gasteiger partial charge in [-0.25, -0.2) is 17.8 Å². The number of para-hydroxylation sites is 1. The molecule has 4 rings (SSSR count). The monoisotopic (exact) mass is 477 g/mol. The van der Waals surface area contributed by atoms with Crippen LogP contribution in [0.4, 0.5) is 4.39 Å². The number of rotatable bonds is 8. The smallest absolute Gasteiger partial charge is 0.258 e. The molecular formula is C22H24FN3O6S. The molecule has 9 nitrogen and oxygen atoms in total. The molecule has 2 heterocycles. The van der Waals surface area contributed by atoms with E-state index in [1.165, 1.54) is 14.2 Å². The molecule has 1 aromatic heterocycles. The highest BCUT2D eigenvalue weighted by atomic mass is 32.2. The number of nitrogens with zero attached hydrogens (tertiary/aromatic N) is 2. The minimum absolute atomic E-state index is 0.0212. The van der Waals surface area contributed by atoms with Crippen LogP contribution in [0.15, 0.2) is 46.1 Å². The highest BCUT2D eigenvalue weighted by Crippen LogP contribution is 2.34. The van der Waals surface area contributed by atoms with Gasteiger partial charge in [0.2, 0.25) is 10.0 Å². The van der Waals surface area contributed by atoms with E-state index in [9.17, 15) is 17.6 Å². The molecule has 1 aliphatic heterocycles. The Morgan fingerprint density at radius 3 is 2.64 bits per heavy atom. The molecule has 2 aromatic carbocycles. The molecular weight excluding hydrogens is 453 g/mol. The maximum absolute atomic E-state index is 14.9. The predicted molar refractivity (Wildman–Crippen MR) is 118 cm³/mol. The van der Waals surface area contributed by atoms with E-state index in [2.05, 4.69) is 9.97 Å². The Hall–Kier alpha value is -3.02. The van der Waals surface area contributed by atoms with Gasteiger partial charge in [-0.2, -0.15) is 4.31 Å². The second-order valence-electron chi connectivity index (χ2n) is 7.60. The number of nitrogens with one attached hydrogen (secondary N) is 1. The Morgan fingerprint density at radius 1 is 1.21 bits per heavy atom. The third-order valence-electron chi connectivity index (χ3n) is 5.48. The van der Waals surface area contributed by atoms with E-state index >= 15 is 0 Å². The van der Waals surface area contributed by atoms with Gasteiger partial charge in [0.15, 0.2) is 11.5 Å². The summed E-state index contributed by atoms with van der Waals surface area (Å²) >= 11 is 0. The van der Waals surface area contributed by atoms with Crippen molar-refractivity contribution in [1.82, 2.24) is 14.3 Å².